The number of nitrogens with zero attached hydrogens (tertiary/aromatic N) is 2. The highest BCUT2D eigenvalue weighted by Gasteiger charge is 2.46. The summed E-state index contributed by atoms with van der Waals surface area (Å²) in [5, 5.41) is 9.90. The van der Waals surface area contributed by atoms with Crippen LogP contribution >= 0.6 is 0 Å². The van der Waals surface area contributed by atoms with E-state index in [9.17, 15) is 18.0 Å². The van der Waals surface area contributed by atoms with Crippen molar-refractivity contribution in [3.8, 4) is 5.75 Å². The average Bonchev–Trinajstić information content (AvgIpc) is 3.10. The molecule has 28 heavy (non-hydrogen) atoms. The maximum atomic E-state index is 13.5. The van der Waals surface area contributed by atoms with Crippen molar-refractivity contribution in [2.24, 2.45) is 0 Å². The summed E-state index contributed by atoms with van der Waals surface area (Å²) in [5.74, 6) is 0.421. The molecule has 0 aliphatic carbocycles. The molecule has 9 heteroatoms. The molecule has 3 atom stereocenters. The van der Waals surface area contributed by atoms with E-state index in [4.69, 9.17) is 4.74 Å². The third-order valence-electron chi connectivity index (χ3n) is 5.26. The molecule has 2 N–H and O–H groups in total. The number of hydrogen-bond acceptors (Lipinski definition) is 4. The van der Waals surface area contributed by atoms with Crippen LogP contribution in [0.5, 0.6) is 5.75 Å². The zero-order chi connectivity index (χ0) is 19.9. The number of nitrogens with one attached hydrogen (secondary N) is 2. The molecule has 1 amide bonds. The minimum atomic E-state index is -4.43. The van der Waals surface area contributed by atoms with E-state index in [2.05, 4.69) is 15.7 Å². The fraction of sp³-hybridized carbons (Fsp3) is 0.474. The minimum Gasteiger partial charge on any atom is -0.493 e. The first-order valence-corrected chi connectivity index (χ1v) is 9.32. The van der Waals surface area contributed by atoms with Crippen LogP contribution in [-0.4, -0.2) is 34.5 Å². The van der Waals surface area contributed by atoms with E-state index in [0.717, 1.165) is 10.2 Å². The van der Waals surface area contributed by atoms with E-state index in [1.807, 2.05) is 31.2 Å². The number of amides is 1. The molecular formula is C19H21F3N4O2. The minimum absolute atomic E-state index is 0.0301. The van der Waals surface area contributed by atoms with Crippen LogP contribution in [0.25, 0.3) is 0 Å². The van der Waals surface area contributed by atoms with Crippen molar-refractivity contribution in [1.82, 2.24) is 15.1 Å². The van der Waals surface area contributed by atoms with Gasteiger partial charge in [-0.3, -0.25) is 4.79 Å². The number of rotatable bonds is 3. The van der Waals surface area contributed by atoms with Crippen molar-refractivity contribution in [3.05, 3.63) is 41.6 Å². The molecule has 3 heterocycles. The largest absolute Gasteiger partial charge is 0.493 e. The Labute approximate surface area is 160 Å². The zero-order valence-corrected chi connectivity index (χ0v) is 15.3. The van der Waals surface area contributed by atoms with Crippen molar-refractivity contribution in [3.63, 3.8) is 0 Å². The van der Waals surface area contributed by atoms with Gasteiger partial charge in [0.15, 0.2) is 11.7 Å². The smallest absolute Gasteiger partial charge is 0.410 e. The second kappa shape index (κ2) is 7.03. The molecule has 1 aromatic heterocycles. The van der Waals surface area contributed by atoms with Gasteiger partial charge >= 0.3 is 6.18 Å². The highest BCUT2D eigenvalue weighted by Crippen LogP contribution is 2.40. The van der Waals surface area contributed by atoms with E-state index in [1.54, 1.807) is 0 Å². The molecule has 4 rings (SSSR count). The molecule has 0 spiro atoms. The summed E-state index contributed by atoms with van der Waals surface area (Å²) in [5.41, 5.74) is 0.820. The van der Waals surface area contributed by atoms with Gasteiger partial charge in [0, 0.05) is 24.1 Å². The lowest BCUT2D eigenvalue weighted by molar-refractivity contribution is -0.173. The number of hydrogen-bond donors (Lipinski definition) is 2. The fourth-order valence-electron chi connectivity index (χ4n) is 3.75. The number of carbonyl (C=O) groups is 1. The highest BCUT2D eigenvalue weighted by atomic mass is 19.4. The quantitative estimate of drug-likeness (QED) is 0.830. The average molecular weight is 394 g/mol. The number of alkyl halides is 3. The van der Waals surface area contributed by atoms with E-state index in [-0.39, 0.29) is 30.0 Å². The molecule has 0 fully saturated rings. The number of aromatic nitrogens is 2. The number of carbonyl (C=O) groups excluding carboxylic acids is 1. The predicted octanol–water partition coefficient (Wildman–Crippen LogP) is 3.83. The molecule has 0 saturated heterocycles. The van der Waals surface area contributed by atoms with Crippen molar-refractivity contribution >= 4 is 11.7 Å². The van der Waals surface area contributed by atoms with E-state index in [0.29, 0.717) is 25.2 Å². The van der Waals surface area contributed by atoms with E-state index < -0.39 is 18.1 Å². The Balaban J connectivity index is 1.58. The standard InChI is InChI=1S/C19H21F3N4O2/c1-2-11-9-16(19(20,21)22)26-17(23-11)10-14(25-26)18(27)24-13-7-8-28-15-6-4-3-5-12(13)15/h3-6,10-11,13,16,23H,2,7-9H2,1H3,(H,24,27)/t11-,13-,16-/m1/s1. The maximum Gasteiger partial charge on any atom is 0.410 e. The van der Waals surface area contributed by atoms with Crippen LogP contribution in [0.2, 0.25) is 0 Å². The maximum absolute atomic E-state index is 13.5. The van der Waals surface area contributed by atoms with Crippen LogP contribution in [-0.2, 0) is 0 Å². The SMILES string of the molecule is CC[C@@H]1C[C@H](C(F)(F)F)n2nc(C(=O)N[C@@H]3CCOc4ccccc43)cc2N1. The summed E-state index contributed by atoms with van der Waals surface area (Å²) in [4.78, 5) is 12.7. The monoisotopic (exact) mass is 394 g/mol. The molecule has 2 aliphatic rings. The molecule has 1 aromatic carbocycles. The van der Waals surface area contributed by atoms with Crippen LogP contribution in [0.1, 0.15) is 54.3 Å². The van der Waals surface area contributed by atoms with Crippen LogP contribution in [0.3, 0.4) is 0 Å². The number of ether oxygens (including phenoxy) is 1. The van der Waals surface area contributed by atoms with Crippen LogP contribution in [0, 0.1) is 0 Å². The molecular weight excluding hydrogens is 373 g/mol. The summed E-state index contributed by atoms with van der Waals surface area (Å²) in [6.07, 6.45) is -3.40. The second-order valence-electron chi connectivity index (χ2n) is 7.10. The van der Waals surface area contributed by atoms with Crippen molar-refractivity contribution in [2.75, 3.05) is 11.9 Å². The lowest BCUT2D eigenvalue weighted by Crippen LogP contribution is -2.39. The Bertz CT molecular complexity index is 880. The third-order valence-corrected chi connectivity index (χ3v) is 5.26. The Hall–Kier alpha value is -2.71. The summed E-state index contributed by atoms with van der Waals surface area (Å²) in [6, 6.07) is 6.46. The van der Waals surface area contributed by atoms with Gasteiger partial charge in [-0.1, -0.05) is 25.1 Å². The topological polar surface area (TPSA) is 68.2 Å². The lowest BCUT2D eigenvalue weighted by Gasteiger charge is -2.32. The van der Waals surface area contributed by atoms with Gasteiger partial charge in [-0.2, -0.15) is 18.3 Å². The van der Waals surface area contributed by atoms with E-state index in [1.165, 1.54) is 6.07 Å². The highest BCUT2D eigenvalue weighted by molar-refractivity contribution is 5.93. The van der Waals surface area contributed by atoms with Gasteiger partial charge in [0.25, 0.3) is 5.91 Å². The summed E-state index contributed by atoms with van der Waals surface area (Å²) in [7, 11) is 0. The van der Waals surface area contributed by atoms with Gasteiger partial charge in [0.2, 0.25) is 0 Å². The molecule has 0 radical (unpaired) electrons. The van der Waals surface area contributed by atoms with Crippen molar-refractivity contribution in [1.29, 1.82) is 0 Å². The van der Waals surface area contributed by atoms with Crippen LogP contribution in [0.4, 0.5) is 19.0 Å². The van der Waals surface area contributed by atoms with Crippen LogP contribution < -0.4 is 15.4 Å². The first kappa shape index (κ1) is 18.6. The lowest BCUT2D eigenvalue weighted by atomic mass is 10.0. The van der Waals surface area contributed by atoms with Crippen molar-refractivity contribution < 1.29 is 22.7 Å². The Morgan fingerprint density at radius 3 is 2.93 bits per heavy atom. The molecule has 0 bridgehead atoms. The molecule has 2 aromatic rings. The number of halogens is 3. The van der Waals surface area contributed by atoms with Gasteiger partial charge in [0.1, 0.15) is 11.6 Å². The molecule has 0 saturated carbocycles. The van der Waals surface area contributed by atoms with Crippen molar-refractivity contribution in [2.45, 2.75) is 50.5 Å². The Morgan fingerprint density at radius 1 is 1.39 bits per heavy atom. The number of fused-ring (bicyclic) bond motifs is 2. The predicted molar refractivity (Wildman–Crippen MR) is 96.4 cm³/mol. The Kier molecular flexibility index (Phi) is 4.68. The summed E-state index contributed by atoms with van der Waals surface area (Å²) < 4.78 is 46.9. The molecule has 6 nitrogen and oxygen atoms in total. The summed E-state index contributed by atoms with van der Waals surface area (Å²) in [6.45, 7) is 2.28. The van der Waals surface area contributed by atoms with Gasteiger partial charge in [-0.05, 0) is 18.9 Å². The van der Waals surface area contributed by atoms with E-state index >= 15 is 0 Å². The fourth-order valence-corrected chi connectivity index (χ4v) is 3.75. The van der Waals surface area contributed by atoms with Gasteiger partial charge in [0.05, 0.1) is 12.6 Å². The number of benzene rings is 1. The second-order valence-corrected chi connectivity index (χ2v) is 7.10. The zero-order valence-electron chi connectivity index (χ0n) is 15.3. The molecule has 0 unspecified atom stereocenters. The van der Waals surface area contributed by atoms with Crippen LogP contribution in [0.15, 0.2) is 30.3 Å². The van der Waals surface area contributed by atoms with Gasteiger partial charge in [-0.15, -0.1) is 0 Å². The van der Waals surface area contributed by atoms with Gasteiger partial charge in [-0.25, -0.2) is 4.68 Å². The molecule has 150 valence electrons. The van der Waals surface area contributed by atoms with Gasteiger partial charge < -0.3 is 15.4 Å². The molecule has 2 aliphatic heterocycles. The first-order valence-electron chi connectivity index (χ1n) is 9.32. The first-order chi connectivity index (χ1) is 13.4. The Morgan fingerprint density at radius 2 is 2.18 bits per heavy atom. The summed E-state index contributed by atoms with van der Waals surface area (Å²) >= 11 is 0. The third kappa shape index (κ3) is 3.41. The normalized spacial score (nSPS) is 23.8. The number of para-hydroxylation sites is 1. The number of anilines is 1.